The van der Waals surface area contributed by atoms with Gasteiger partial charge in [-0.3, -0.25) is 4.79 Å². The van der Waals surface area contributed by atoms with Crippen molar-refractivity contribution in [3.05, 3.63) is 96.1 Å². The van der Waals surface area contributed by atoms with Crippen LogP contribution >= 0.6 is 0 Å². The fourth-order valence-corrected chi connectivity index (χ4v) is 5.64. The van der Waals surface area contributed by atoms with Crippen molar-refractivity contribution >= 4 is 21.6 Å². The number of nitrogens with one attached hydrogen (secondary N) is 2. The molecule has 1 fully saturated rings. The lowest BCUT2D eigenvalue weighted by molar-refractivity contribution is -0.115. The highest BCUT2D eigenvalue weighted by Crippen LogP contribution is 2.23. The third kappa shape index (κ3) is 6.07. The smallest absolute Gasteiger partial charge is 0.243 e. The molecule has 1 amide bonds. The van der Waals surface area contributed by atoms with Crippen molar-refractivity contribution in [2.24, 2.45) is 0 Å². The molecule has 2 N–H and O–H groups in total. The molecule has 7 heteroatoms. The number of benzene rings is 3. The van der Waals surface area contributed by atoms with E-state index in [0.29, 0.717) is 18.8 Å². The Bertz CT molecular complexity index is 1160. The Labute approximate surface area is 195 Å². The lowest BCUT2D eigenvalue weighted by Gasteiger charge is -2.20. The monoisotopic (exact) mass is 463 g/mol. The quantitative estimate of drug-likeness (QED) is 0.503. The van der Waals surface area contributed by atoms with Gasteiger partial charge in [-0.15, -0.1) is 0 Å². The second kappa shape index (κ2) is 10.7. The lowest BCUT2D eigenvalue weighted by Crippen LogP contribution is -2.32. The van der Waals surface area contributed by atoms with Crippen LogP contribution in [0.25, 0.3) is 0 Å². The molecule has 1 heterocycles. The predicted molar refractivity (Wildman–Crippen MR) is 130 cm³/mol. The van der Waals surface area contributed by atoms with Gasteiger partial charge in [0.25, 0.3) is 0 Å². The molecule has 1 saturated heterocycles. The third-order valence-corrected chi connectivity index (χ3v) is 7.71. The zero-order valence-electron chi connectivity index (χ0n) is 18.5. The summed E-state index contributed by atoms with van der Waals surface area (Å²) in [6.45, 7) is 1.20. The summed E-state index contributed by atoms with van der Waals surface area (Å²) in [7, 11) is -3.53. The number of amides is 1. The molecule has 0 bridgehead atoms. The fourth-order valence-electron chi connectivity index (χ4n) is 4.08. The summed E-state index contributed by atoms with van der Waals surface area (Å²) >= 11 is 0. The normalized spacial score (nSPS) is 15.3. The van der Waals surface area contributed by atoms with Crippen LogP contribution < -0.4 is 10.6 Å². The van der Waals surface area contributed by atoms with Crippen molar-refractivity contribution in [1.82, 2.24) is 9.62 Å². The number of hydrogen-bond donors (Lipinski definition) is 2. The van der Waals surface area contributed by atoms with Crippen LogP contribution in [-0.2, 0) is 21.2 Å². The highest BCUT2D eigenvalue weighted by Gasteiger charge is 2.27. The zero-order valence-corrected chi connectivity index (χ0v) is 19.3. The first kappa shape index (κ1) is 23.2. The standard InChI is InChI=1S/C26H29N3O3S/c30-26(28-23-14-9-15-24(19-23)33(31,32)29-16-7-8-17-29)20-27-25(22-12-5-2-6-13-22)18-21-10-3-1-4-11-21/h1-6,9-15,19,25,27H,7-8,16-18,20H2,(H,28,30). The van der Waals surface area contributed by atoms with Gasteiger partial charge in [-0.2, -0.15) is 4.31 Å². The number of nitrogens with zero attached hydrogens (tertiary/aromatic N) is 1. The second-order valence-corrected chi connectivity index (χ2v) is 10.2. The largest absolute Gasteiger partial charge is 0.325 e. The minimum atomic E-state index is -3.53. The van der Waals surface area contributed by atoms with Crippen LogP contribution in [0.3, 0.4) is 0 Å². The van der Waals surface area contributed by atoms with Crippen molar-refractivity contribution in [3.8, 4) is 0 Å². The topological polar surface area (TPSA) is 78.5 Å². The van der Waals surface area contributed by atoms with Crippen molar-refractivity contribution in [2.75, 3.05) is 25.0 Å². The van der Waals surface area contributed by atoms with E-state index in [2.05, 4.69) is 22.8 Å². The fraction of sp³-hybridized carbons (Fsp3) is 0.269. The van der Waals surface area contributed by atoms with E-state index in [0.717, 1.165) is 24.8 Å². The molecule has 0 radical (unpaired) electrons. The van der Waals surface area contributed by atoms with E-state index >= 15 is 0 Å². The predicted octanol–water partition coefficient (Wildman–Crippen LogP) is 3.98. The minimum absolute atomic E-state index is 0.0266. The maximum Gasteiger partial charge on any atom is 0.243 e. The molecule has 1 aliphatic heterocycles. The Morgan fingerprint density at radius 2 is 1.55 bits per heavy atom. The first-order chi connectivity index (χ1) is 16.0. The highest BCUT2D eigenvalue weighted by atomic mass is 32.2. The first-order valence-corrected chi connectivity index (χ1v) is 12.7. The van der Waals surface area contributed by atoms with Gasteiger partial charge in [-0.25, -0.2) is 8.42 Å². The molecule has 4 rings (SSSR count). The molecule has 0 aliphatic carbocycles. The average Bonchev–Trinajstić information content (AvgIpc) is 3.39. The molecule has 6 nitrogen and oxygen atoms in total. The van der Waals surface area contributed by atoms with Crippen molar-refractivity contribution in [2.45, 2.75) is 30.2 Å². The summed E-state index contributed by atoms with van der Waals surface area (Å²) in [4.78, 5) is 12.9. The molecule has 0 spiro atoms. The Kier molecular flexibility index (Phi) is 7.54. The van der Waals surface area contributed by atoms with E-state index in [1.54, 1.807) is 18.2 Å². The number of hydrogen-bond acceptors (Lipinski definition) is 4. The number of sulfonamides is 1. The number of carbonyl (C=O) groups is 1. The summed E-state index contributed by atoms with van der Waals surface area (Å²) in [6.07, 6.45) is 2.52. The molecule has 1 aliphatic rings. The summed E-state index contributed by atoms with van der Waals surface area (Å²) < 4.78 is 27.1. The summed E-state index contributed by atoms with van der Waals surface area (Å²) in [5, 5.41) is 6.19. The molecular formula is C26H29N3O3S. The number of rotatable bonds is 9. The van der Waals surface area contributed by atoms with Crippen LogP contribution in [0, 0.1) is 0 Å². The molecule has 1 atom stereocenters. The van der Waals surface area contributed by atoms with Crippen LogP contribution in [0.1, 0.15) is 30.0 Å². The van der Waals surface area contributed by atoms with E-state index in [4.69, 9.17) is 0 Å². The molecule has 0 saturated carbocycles. The zero-order chi connectivity index (χ0) is 23.1. The molecule has 172 valence electrons. The van der Waals surface area contributed by atoms with Gasteiger partial charge in [0.1, 0.15) is 0 Å². The van der Waals surface area contributed by atoms with Gasteiger partial charge >= 0.3 is 0 Å². The van der Waals surface area contributed by atoms with Crippen molar-refractivity contribution in [3.63, 3.8) is 0 Å². The van der Waals surface area contributed by atoms with Gasteiger partial charge in [-0.05, 0) is 48.6 Å². The second-order valence-electron chi connectivity index (χ2n) is 8.22. The maximum atomic E-state index is 12.8. The van der Waals surface area contributed by atoms with Crippen LogP contribution in [0.5, 0.6) is 0 Å². The summed E-state index contributed by atoms with van der Waals surface area (Å²) in [5.74, 6) is -0.222. The average molecular weight is 464 g/mol. The minimum Gasteiger partial charge on any atom is -0.325 e. The van der Waals surface area contributed by atoms with E-state index < -0.39 is 10.0 Å². The molecule has 0 aromatic heterocycles. The summed E-state index contributed by atoms with van der Waals surface area (Å²) in [6, 6.07) is 26.6. The van der Waals surface area contributed by atoms with Crippen LogP contribution in [0.15, 0.2) is 89.8 Å². The van der Waals surface area contributed by atoms with Crippen LogP contribution in [-0.4, -0.2) is 38.3 Å². The maximum absolute atomic E-state index is 12.8. The summed E-state index contributed by atoms with van der Waals surface area (Å²) in [5.41, 5.74) is 2.76. The number of carbonyl (C=O) groups excluding carboxylic acids is 1. The molecule has 1 unspecified atom stereocenters. The van der Waals surface area contributed by atoms with E-state index in [1.165, 1.54) is 15.9 Å². The first-order valence-electron chi connectivity index (χ1n) is 11.2. The molecule has 3 aromatic rings. The van der Waals surface area contributed by atoms with Crippen molar-refractivity contribution < 1.29 is 13.2 Å². The van der Waals surface area contributed by atoms with E-state index in [-0.39, 0.29) is 23.4 Å². The SMILES string of the molecule is O=C(CNC(Cc1ccccc1)c1ccccc1)Nc1cccc(S(=O)(=O)N2CCCC2)c1. The Hall–Kier alpha value is -3.00. The Morgan fingerprint density at radius 1 is 0.879 bits per heavy atom. The Morgan fingerprint density at radius 3 is 2.24 bits per heavy atom. The molecule has 33 heavy (non-hydrogen) atoms. The van der Waals surface area contributed by atoms with Gasteiger partial charge in [0.2, 0.25) is 15.9 Å². The molecular weight excluding hydrogens is 434 g/mol. The molecule has 3 aromatic carbocycles. The third-order valence-electron chi connectivity index (χ3n) is 5.81. The van der Waals surface area contributed by atoms with E-state index in [1.807, 2.05) is 48.5 Å². The highest BCUT2D eigenvalue weighted by molar-refractivity contribution is 7.89. The van der Waals surface area contributed by atoms with Gasteiger partial charge in [0.05, 0.1) is 11.4 Å². The van der Waals surface area contributed by atoms with Gasteiger partial charge in [0, 0.05) is 24.8 Å². The van der Waals surface area contributed by atoms with Crippen LogP contribution in [0.2, 0.25) is 0 Å². The van der Waals surface area contributed by atoms with Gasteiger partial charge < -0.3 is 10.6 Å². The van der Waals surface area contributed by atoms with Gasteiger partial charge in [-0.1, -0.05) is 66.7 Å². The lowest BCUT2D eigenvalue weighted by atomic mass is 9.99. The van der Waals surface area contributed by atoms with E-state index in [9.17, 15) is 13.2 Å². The number of anilines is 1. The Balaban J connectivity index is 1.41. The van der Waals surface area contributed by atoms with Crippen LogP contribution in [0.4, 0.5) is 5.69 Å². The van der Waals surface area contributed by atoms with Crippen molar-refractivity contribution in [1.29, 1.82) is 0 Å². The van der Waals surface area contributed by atoms with Gasteiger partial charge in [0.15, 0.2) is 0 Å².